The number of hydrogen-bond acceptors (Lipinski definition) is 5. The molecule has 0 unspecified atom stereocenters. The van der Waals surface area contributed by atoms with Gasteiger partial charge in [-0.15, -0.1) is 0 Å². The van der Waals surface area contributed by atoms with Gasteiger partial charge in [-0.05, 0) is 6.92 Å². The Morgan fingerprint density at radius 3 is 2.41 bits per heavy atom. The largest absolute Gasteiger partial charge is 0.507 e. The molecule has 0 aliphatic heterocycles. The van der Waals surface area contributed by atoms with Crippen LogP contribution in [-0.4, -0.2) is 16.0 Å². The van der Waals surface area contributed by atoms with Crippen LogP contribution in [0.2, 0.25) is 0 Å². The molecule has 5 heteroatoms. The third-order valence-corrected chi connectivity index (χ3v) is 3.38. The lowest BCUT2D eigenvalue weighted by Gasteiger charge is -2.08. The predicted molar refractivity (Wildman–Crippen MR) is 81.3 cm³/mol. The topological polar surface area (TPSA) is 87.7 Å². The molecule has 22 heavy (non-hydrogen) atoms. The molecule has 1 heterocycles. The molecule has 0 aliphatic carbocycles. The summed E-state index contributed by atoms with van der Waals surface area (Å²) in [4.78, 5) is 23.7. The fourth-order valence-electron chi connectivity index (χ4n) is 2.38. The van der Waals surface area contributed by atoms with Crippen molar-refractivity contribution >= 4 is 16.8 Å². The summed E-state index contributed by atoms with van der Waals surface area (Å²) in [6.45, 7) is 1.20. The van der Waals surface area contributed by atoms with Crippen LogP contribution in [0.5, 0.6) is 11.5 Å². The molecular weight excluding hydrogens is 284 g/mol. The molecule has 3 rings (SSSR count). The van der Waals surface area contributed by atoms with Gasteiger partial charge in [0.15, 0.2) is 11.2 Å². The van der Waals surface area contributed by atoms with Gasteiger partial charge in [0.25, 0.3) is 0 Å². The number of aromatic hydroxyl groups is 2. The molecule has 0 fully saturated rings. The van der Waals surface area contributed by atoms with E-state index in [0.29, 0.717) is 11.3 Å². The fraction of sp³-hybridized carbons (Fsp3) is 0.0588. The minimum atomic E-state index is -0.559. The van der Waals surface area contributed by atoms with Crippen LogP contribution in [0.1, 0.15) is 17.3 Å². The second-order valence-electron chi connectivity index (χ2n) is 4.89. The van der Waals surface area contributed by atoms with E-state index in [-0.39, 0.29) is 16.5 Å². The SMILES string of the molecule is CC(=O)c1c(O)cc2oc(-c3ccccc3)cc(=O)c2c1O. The van der Waals surface area contributed by atoms with E-state index in [1.165, 1.54) is 19.1 Å². The Bertz CT molecular complexity index is 939. The quantitative estimate of drug-likeness (QED) is 0.709. The van der Waals surface area contributed by atoms with Crippen LogP contribution < -0.4 is 5.43 Å². The Kier molecular flexibility index (Phi) is 3.18. The lowest BCUT2D eigenvalue weighted by atomic mass is 10.0. The number of carbonyl (C=O) groups is 1. The molecule has 1 aromatic heterocycles. The van der Waals surface area contributed by atoms with Gasteiger partial charge in [0.1, 0.15) is 33.8 Å². The van der Waals surface area contributed by atoms with Gasteiger partial charge in [0.2, 0.25) is 0 Å². The van der Waals surface area contributed by atoms with E-state index < -0.39 is 22.7 Å². The number of Topliss-reactive ketones (excluding diaryl/α,β-unsaturated/α-hetero) is 1. The predicted octanol–water partition coefficient (Wildman–Crippen LogP) is 3.07. The standard InChI is InChI=1S/C17H12O5/c1-9(18)15-11(19)8-14-16(17(15)21)12(20)7-13(22-14)10-5-3-2-4-6-10/h2-8,19,21H,1H3. The van der Waals surface area contributed by atoms with Gasteiger partial charge in [-0.3, -0.25) is 9.59 Å². The summed E-state index contributed by atoms with van der Waals surface area (Å²) in [7, 11) is 0. The normalized spacial score (nSPS) is 10.8. The maximum Gasteiger partial charge on any atom is 0.197 e. The summed E-state index contributed by atoms with van der Waals surface area (Å²) < 4.78 is 5.59. The first-order valence-corrected chi connectivity index (χ1v) is 6.58. The van der Waals surface area contributed by atoms with Gasteiger partial charge in [0, 0.05) is 17.7 Å². The van der Waals surface area contributed by atoms with Gasteiger partial charge in [-0.2, -0.15) is 0 Å². The first kappa shape index (κ1) is 13.9. The molecule has 110 valence electrons. The molecule has 3 aromatic rings. The van der Waals surface area contributed by atoms with Crippen molar-refractivity contribution < 1.29 is 19.4 Å². The smallest absolute Gasteiger partial charge is 0.197 e. The Labute approximate surface area is 125 Å². The Morgan fingerprint density at radius 2 is 1.77 bits per heavy atom. The van der Waals surface area contributed by atoms with Gasteiger partial charge < -0.3 is 14.6 Å². The van der Waals surface area contributed by atoms with E-state index in [9.17, 15) is 19.8 Å². The summed E-state index contributed by atoms with van der Waals surface area (Å²) in [5.74, 6) is -1.21. The fourth-order valence-corrected chi connectivity index (χ4v) is 2.38. The third kappa shape index (κ3) is 2.13. The third-order valence-electron chi connectivity index (χ3n) is 3.38. The van der Waals surface area contributed by atoms with Gasteiger partial charge >= 0.3 is 0 Å². The lowest BCUT2D eigenvalue weighted by molar-refractivity contribution is 0.101. The molecular formula is C17H12O5. The van der Waals surface area contributed by atoms with Crippen LogP contribution in [-0.2, 0) is 0 Å². The van der Waals surface area contributed by atoms with Crippen molar-refractivity contribution in [3.8, 4) is 22.8 Å². The summed E-state index contributed by atoms with van der Waals surface area (Å²) >= 11 is 0. The highest BCUT2D eigenvalue weighted by molar-refractivity contribution is 6.05. The molecule has 0 amide bonds. The molecule has 2 aromatic carbocycles. The van der Waals surface area contributed by atoms with E-state index in [2.05, 4.69) is 0 Å². The number of hydrogen-bond donors (Lipinski definition) is 2. The lowest BCUT2D eigenvalue weighted by Crippen LogP contribution is -2.04. The van der Waals surface area contributed by atoms with E-state index in [1.54, 1.807) is 24.3 Å². The van der Waals surface area contributed by atoms with Crippen molar-refractivity contribution in [2.24, 2.45) is 0 Å². The molecule has 0 aliphatic rings. The molecule has 0 atom stereocenters. The van der Waals surface area contributed by atoms with E-state index in [4.69, 9.17) is 4.42 Å². The summed E-state index contributed by atoms with van der Waals surface area (Å²) in [6, 6.07) is 11.4. The molecule has 5 nitrogen and oxygen atoms in total. The van der Waals surface area contributed by atoms with Crippen LogP contribution in [0.4, 0.5) is 0 Å². The minimum absolute atomic E-state index is 0.0198. The van der Waals surface area contributed by atoms with Crippen LogP contribution in [0, 0.1) is 0 Å². The van der Waals surface area contributed by atoms with Crippen molar-refractivity contribution in [3.63, 3.8) is 0 Å². The summed E-state index contributed by atoms with van der Waals surface area (Å²) in [6.07, 6.45) is 0. The number of fused-ring (bicyclic) bond motifs is 1. The van der Waals surface area contributed by atoms with Gasteiger partial charge in [-0.1, -0.05) is 30.3 Å². The Morgan fingerprint density at radius 1 is 1.09 bits per heavy atom. The maximum atomic E-state index is 12.3. The number of carbonyl (C=O) groups excluding carboxylic acids is 1. The number of phenolic OH excluding ortho intramolecular Hbond substituents is 2. The monoisotopic (exact) mass is 296 g/mol. The zero-order valence-corrected chi connectivity index (χ0v) is 11.7. The average Bonchev–Trinajstić information content (AvgIpc) is 2.46. The van der Waals surface area contributed by atoms with Crippen molar-refractivity contribution in [2.45, 2.75) is 6.92 Å². The zero-order valence-electron chi connectivity index (χ0n) is 11.7. The van der Waals surface area contributed by atoms with Gasteiger partial charge in [-0.25, -0.2) is 0 Å². The van der Waals surface area contributed by atoms with Crippen LogP contribution in [0.25, 0.3) is 22.3 Å². The second-order valence-corrected chi connectivity index (χ2v) is 4.89. The first-order valence-electron chi connectivity index (χ1n) is 6.58. The molecule has 0 spiro atoms. The second kappa shape index (κ2) is 5.04. The Balaban J connectivity index is 2.36. The molecule has 0 radical (unpaired) electrons. The first-order chi connectivity index (χ1) is 10.5. The van der Waals surface area contributed by atoms with Crippen molar-refractivity contribution in [3.05, 3.63) is 58.3 Å². The zero-order chi connectivity index (χ0) is 15.9. The molecule has 0 saturated carbocycles. The minimum Gasteiger partial charge on any atom is -0.507 e. The van der Waals surface area contributed by atoms with Crippen molar-refractivity contribution in [1.29, 1.82) is 0 Å². The van der Waals surface area contributed by atoms with Crippen LogP contribution in [0.15, 0.2) is 51.7 Å². The van der Waals surface area contributed by atoms with Crippen molar-refractivity contribution in [2.75, 3.05) is 0 Å². The molecule has 2 N–H and O–H groups in total. The van der Waals surface area contributed by atoms with Crippen molar-refractivity contribution in [1.82, 2.24) is 0 Å². The number of ketones is 1. The van der Waals surface area contributed by atoms with Crippen LogP contribution in [0.3, 0.4) is 0 Å². The number of phenols is 2. The molecule has 0 saturated heterocycles. The highest BCUT2D eigenvalue weighted by atomic mass is 16.3. The number of benzene rings is 2. The van der Waals surface area contributed by atoms with E-state index >= 15 is 0 Å². The Hall–Kier alpha value is -3.08. The van der Waals surface area contributed by atoms with E-state index in [0.717, 1.165) is 0 Å². The average molecular weight is 296 g/mol. The maximum absolute atomic E-state index is 12.3. The van der Waals surface area contributed by atoms with Gasteiger partial charge in [0.05, 0.1) is 0 Å². The number of rotatable bonds is 2. The molecule has 0 bridgehead atoms. The van der Waals surface area contributed by atoms with E-state index in [1.807, 2.05) is 6.07 Å². The highest BCUT2D eigenvalue weighted by Gasteiger charge is 2.20. The summed E-state index contributed by atoms with van der Waals surface area (Å²) in [5, 5.41) is 19.8. The van der Waals surface area contributed by atoms with Crippen LogP contribution >= 0.6 is 0 Å². The highest BCUT2D eigenvalue weighted by Crippen LogP contribution is 2.35. The summed E-state index contributed by atoms with van der Waals surface area (Å²) in [5.41, 5.74) is -0.0603.